The lowest BCUT2D eigenvalue weighted by Gasteiger charge is -2.26. The molecule has 0 aromatic heterocycles. The van der Waals surface area contributed by atoms with Crippen molar-refractivity contribution in [3.05, 3.63) is 0 Å². The van der Waals surface area contributed by atoms with E-state index in [4.69, 9.17) is 23.2 Å². The van der Waals surface area contributed by atoms with Gasteiger partial charge in [0.2, 0.25) is 0 Å². The predicted molar refractivity (Wildman–Crippen MR) is 120 cm³/mol. The van der Waals surface area contributed by atoms with Crippen LogP contribution in [0.25, 0.3) is 0 Å². The van der Waals surface area contributed by atoms with Crippen molar-refractivity contribution in [2.75, 3.05) is 31.4 Å². The molecule has 0 aliphatic rings. The number of alkyl halides is 2. The van der Waals surface area contributed by atoms with Gasteiger partial charge >= 0.3 is 0 Å². The molecule has 0 aliphatic heterocycles. The van der Waals surface area contributed by atoms with Gasteiger partial charge in [0, 0.05) is 24.8 Å². The Balaban J connectivity index is 3.50. The smallest absolute Gasteiger partial charge is 0.0802 e. The zero-order chi connectivity index (χ0) is 20.2. The molecule has 0 amide bonds. The lowest BCUT2D eigenvalue weighted by atomic mass is 10.0. The van der Waals surface area contributed by atoms with Crippen molar-refractivity contribution in [3.63, 3.8) is 0 Å². The molecule has 3 nitrogen and oxygen atoms in total. The van der Waals surface area contributed by atoms with Crippen LogP contribution in [0.2, 0.25) is 0 Å². The second-order valence-corrected chi connectivity index (χ2v) is 8.59. The molecular formula is C22H45Cl2NO2. The topological polar surface area (TPSA) is 43.7 Å². The summed E-state index contributed by atoms with van der Waals surface area (Å²) in [5, 5.41) is 19.5. The van der Waals surface area contributed by atoms with E-state index in [-0.39, 0.29) is 11.8 Å². The maximum Gasteiger partial charge on any atom is 0.0802 e. The van der Waals surface area contributed by atoms with E-state index in [1.165, 1.54) is 83.5 Å². The fourth-order valence-corrected chi connectivity index (χ4v) is 3.68. The van der Waals surface area contributed by atoms with E-state index >= 15 is 0 Å². The van der Waals surface area contributed by atoms with Crippen LogP contribution in [0.3, 0.4) is 0 Å². The van der Waals surface area contributed by atoms with E-state index in [1.54, 1.807) is 0 Å². The normalized spacial score (nSPS) is 14.0. The van der Waals surface area contributed by atoms with Crippen molar-refractivity contribution >= 4 is 23.2 Å². The summed E-state index contributed by atoms with van der Waals surface area (Å²) in [6, 6.07) is 0. The Kier molecular flexibility index (Phi) is 21.5. The highest BCUT2D eigenvalue weighted by molar-refractivity contribution is 6.18. The molecule has 164 valence electrons. The van der Waals surface area contributed by atoms with Crippen LogP contribution in [0.15, 0.2) is 0 Å². The van der Waals surface area contributed by atoms with Gasteiger partial charge in [0.1, 0.15) is 0 Å². The second-order valence-electron chi connectivity index (χ2n) is 7.97. The van der Waals surface area contributed by atoms with Gasteiger partial charge in [-0.05, 0) is 13.0 Å². The summed E-state index contributed by atoms with van der Waals surface area (Å²) in [6.45, 7) is 4.18. The Morgan fingerprint density at radius 1 is 0.593 bits per heavy atom. The average Bonchev–Trinajstić information content (AvgIpc) is 2.67. The first kappa shape index (κ1) is 27.5. The zero-order valence-corrected chi connectivity index (χ0v) is 19.2. The van der Waals surface area contributed by atoms with Gasteiger partial charge in [-0.2, -0.15) is 0 Å². The van der Waals surface area contributed by atoms with Gasteiger partial charge in [0.15, 0.2) is 0 Å². The third kappa shape index (κ3) is 19.5. The highest BCUT2D eigenvalue weighted by Crippen LogP contribution is 2.13. The molecule has 0 rings (SSSR count). The Bertz CT molecular complexity index is 283. The van der Waals surface area contributed by atoms with Gasteiger partial charge in [-0.15, -0.1) is 23.2 Å². The van der Waals surface area contributed by atoms with E-state index in [0.717, 1.165) is 13.0 Å². The van der Waals surface area contributed by atoms with Crippen molar-refractivity contribution in [2.45, 2.75) is 109 Å². The summed E-state index contributed by atoms with van der Waals surface area (Å²) < 4.78 is 0. The molecular weight excluding hydrogens is 381 g/mol. The van der Waals surface area contributed by atoms with Crippen molar-refractivity contribution in [1.29, 1.82) is 0 Å². The number of hydrogen-bond acceptors (Lipinski definition) is 3. The van der Waals surface area contributed by atoms with Crippen LogP contribution in [0.5, 0.6) is 0 Å². The first-order valence-electron chi connectivity index (χ1n) is 11.3. The van der Waals surface area contributed by atoms with E-state index in [2.05, 4.69) is 11.8 Å². The Labute approximate surface area is 178 Å². The first-order chi connectivity index (χ1) is 13.1. The number of aliphatic hydroxyl groups is 2. The van der Waals surface area contributed by atoms with E-state index in [0.29, 0.717) is 13.1 Å². The van der Waals surface area contributed by atoms with Crippen LogP contribution in [-0.2, 0) is 0 Å². The standard InChI is InChI=1S/C22H45Cl2NO2/c1-2-3-4-5-6-7-8-9-10-11-12-13-14-15-16-25(19-21(26)17-23)20-22(27)18-24/h21-22,26-27H,2-20H2,1H3. The summed E-state index contributed by atoms with van der Waals surface area (Å²) in [5.74, 6) is 0.457. The van der Waals surface area contributed by atoms with Crippen LogP contribution >= 0.6 is 23.2 Å². The Hall–Kier alpha value is 0.460. The highest BCUT2D eigenvalue weighted by atomic mass is 35.5. The molecule has 2 N–H and O–H groups in total. The quantitative estimate of drug-likeness (QED) is 0.176. The van der Waals surface area contributed by atoms with Gasteiger partial charge < -0.3 is 10.2 Å². The van der Waals surface area contributed by atoms with Gasteiger partial charge in [0.25, 0.3) is 0 Å². The molecule has 0 bridgehead atoms. The number of nitrogens with zero attached hydrogens (tertiary/aromatic N) is 1. The van der Waals surface area contributed by atoms with Gasteiger partial charge in [0.05, 0.1) is 12.2 Å². The summed E-state index contributed by atoms with van der Waals surface area (Å²) in [4.78, 5) is 2.08. The molecule has 0 heterocycles. The summed E-state index contributed by atoms with van der Waals surface area (Å²) >= 11 is 11.4. The molecule has 0 saturated heterocycles. The first-order valence-corrected chi connectivity index (χ1v) is 12.4. The fraction of sp³-hybridized carbons (Fsp3) is 1.00. The fourth-order valence-electron chi connectivity index (χ4n) is 3.48. The zero-order valence-electron chi connectivity index (χ0n) is 17.7. The maximum absolute atomic E-state index is 9.74. The molecule has 2 atom stereocenters. The van der Waals surface area contributed by atoms with E-state index in [9.17, 15) is 10.2 Å². The molecule has 0 aliphatic carbocycles. The van der Waals surface area contributed by atoms with Crippen LogP contribution < -0.4 is 0 Å². The molecule has 0 fully saturated rings. The van der Waals surface area contributed by atoms with Crippen LogP contribution in [0, 0.1) is 0 Å². The average molecular weight is 427 g/mol. The number of unbranched alkanes of at least 4 members (excludes halogenated alkanes) is 13. The highest BCUT2D eigenvalue weighted by Gasteiger charge is 2.14. The van der Waals surface area contributed by atoms with Crippen molar-refractivity contribution < 1.29 is 10.2 Å². The summed E-state index contributed by atoms with van der Waals surface area (Å²) in [5.41, 5.74) is 0. The molecule has 2 unspecified atom stereocenters. The van der Waals surface area contributed by atoms with Crippen molar-refractivity contribution in [3.8, 4) is 0 Å². The third-order valence-electron chi connectivity index (χ3n) is 5.12. The molecule has 0 saturated carbocycles. The van der Waals surface area contributed by atoms with Crippen LogP contribution in [-0.4, -0.2) is 58.7 Å². The number of aliphatic hydroxyl groups excluding tert-OH is 2. The Morgan fingerprint density at radius 2 is 0.926 bits per heavy atom. The summed E-state index contributed by atoms with van der Waals surface area (Å²) in [6.07, 6.45) is 17.8. The third-order valence-corrected chi connectivity index (χ3v) is 5.83. The number of rotatable bonds is 21. The molecule has 0 spiro atoms. The lowest BCUT2D eigenvalue weighted by Crippen LogP contribution is -2.39. The molecule has 0 aromatic rings. The minimum atomic E-state index is -0.541. The summed E-state index contributed by atoms with van der Waals surface area (Å²) in [7, 11) is 0. The van der Waals surface area contributed by atoms with Crippen LogP contribution in [0.4, 0.5) is 0 Å². The molecule has 0 aromatic carbocycles. The lowest BCUT2D eigenvalue weighted by molar-refractivity contribution is 0.0849. The largest absolute Gasteiger partial charge is 0.391 e. The van der Waals surface area contributed by atoms with Crippen LogP contribution in [0.1, 0.15) is 96.8 Å². The Morgan fingerprint density at radius 3 is 1.26 bits per heavy atom. The van der Waals surface area contributed by atoms with E-state index < -0.39 is 12.2 Å². The van der Waals surface area contributed by atoms with Crippen molar-refractivity contribution in [1.82, 2.24) is 4.90 Å². The van der Waals surface area contributed by atoms with Gasteiger partial charge in [-0.25, -0.2) is 0 Å². The van der Waals surface area contributed by atoms with Gasteiger partial charge in [-0.3, -0.25) is 4.90 Å². The molecule has 0 radical (unpaired) electrons. The number of hydrogen-bond donors (Lipinski definition) is 2. The minimum absolute atomic E-state index is 0.228. The monoisotopic (exact) mass is 425 g/mol. The second kappa shape index (κ2) is 21.2. The maximum atomic E-state index is 9.74. The van der Waals surface area contributed by atoms with Gasteiger partial charge in [-0.1, -0.05) is 90.4 Å². The predicted octanol–water partition coefficient (Wildman–Crippen LogP) is 5.97. The van der Waals surface area contributed by atoms with E-state index in [1.807, 2.05) is 0 Å². The minimum Gasteiger partial charge on any atom is -0.391 e. The number of halogens is 2. The molecule has 27 heavy (non-hydrogen) atoms. The SMILES string of the molecule is CCCCCCCCCCCCCCCCN(CC(O)CCl)CC(O)CCl. The molecule has 5 heteroatoms. The van der Waals surface area contributed by atoms with Crippen molar-refractivity contribution in [2.24, 2.45) is 0 Å².